The molecule has 1 N–H and O–H groups in total. The van der Waals surface area contributed by atoms with Crippen molar-refractivity contribution in [2.75, 3.05) is 5.32 Å². The van der Waals surface area contributed by atoms with Gasteiger partial charge in [-0.05, 0) is 42.5 Å². The quantitative estimate of drug-likeness (QED) is 0.240. The van der Waals surface area contributed by atoms with Gasteiger partial charge in [0.2, 0.25) is 0 Å². The molecular formula is C29H24BrN3S. The van der Waals surface area contributed by atoms with Gasteiger partial charge >= 0.3 is 0 Å². The van der Waals surface area contributed by atoms with Crippen LogP contribution in [0.3, 0.4) is 0 Å². The van der Waals surface area contributed by atoms with E-state index in [1.807, 2.05) is 18.2 Å². The molecule has 5 aromatic rings. The maximum absolute atomic E-state index is 5.88. The molecule has 3 heterocycles. The number of rotatable bonds is 4. The molecule has 1 aliphatic heterocycles. The lowest BCUT2D eigenvalue weighted by Crippen LogP contribution is -2.12. The minimum Gasteiger partial charge on any atom is -0.331 e. The average Bonchev–Trinajstić information content (AvgIpc) is 3.29. The lowest BCUT2D eigenvalue weighted by atomic mass is 10.00. The molecule has 0 bridgehead atoms. The molecular weight excluding hydrogens is 502 g/mol. The molecule has 0 spiro atoms. The summed E-state index contributed by atoms with van der Waals surface area (Å²) in [4.78, 5) is 0.732. The highest BCUT2D eigenvalue weighted by Crippen LogP contribution is 2.42. The number of hydrogen-bond acceptors (Lipinski definition) is 1. The molecule has 0 unspecified atom stereocenters. The fraction of sp³-hybridized carbons (Fsp3) is 0.138. The first kappa shape index (κ1) is 21.4. The van der Waals surface area contributed by atoms with Crippen molar-refractivity contribution in [3.8, 4) is 22.4 Å². The van der Waals surface area contributed by atoms with Gasteiger partial charge in [-0.2, -0.15) is 0 Å². The highest BCUT2D eigenvalue weighted by atomic mass is 79.9. The van der Waals surface area contributed by atoms with Crippen LogP contribution in [0.2, 0.25) is 0 Å². The second kappa shape index (κ2) is 8.90. The molecule has 3 aromatic carbocycles. The van der Waals surface area contributed by atoms with E-state index in [0.717, 1.165) is 33.8 Å². The van der Waals surface area contributed by atoms with Gasteiger partial charge in [-0.1, -0.05) is 101 Å². The Balaban J connectivity index is 1.61. The highest BCUT2D eigenvalue weighted by Gasteiger charge is 2.27. The Morgan fingerprint density at radius 2 is 1.53 bits per heavy atom. The van der Waals surface area contributed by atoms with Gasteiger partial charge in [0, 0.05) is 33.9 Å². The number of imidazole rings is 1. The minimum absolute atomic E-state index is 0.732. The Morgan fingerprint density at radius 3 is 2.26 bits per heavy atom. The molecule has 0 saturated heterocycles. The summed E-state index contributed by atoms with van der Waals surface area (Å²) in [6, 6.07) is 29.5. The average molecular weight is 527 g/mol. The summed E-state index contributed by atoms with van der Waals surface area (Å²) in [5.41, 5.74) is 8.61. The van der Waals surface area contributed by atoms with E-state index in [0.29, 0.717) is 0 Å². The maximum Gasteiger partial charge on any atom is 0.125 e. The topological polar surface area (TPSA) is 21.4 Å². The second-order valence-electron chi connectivity index (χ2n) is 8.71. The number of halogens is 1. The van der Waals surface area contributed by atoms with Crippen LogP contribution in [-0.2, 0) is 13.0 Å². The molecule has 0 saturated carbocycles. The van der Waals surface area contributed by atoms with Crippen LogP contribution >= 0.6 is 28.1 Å². The Kier molecular flexibility index (Phi) is 5.60. The van der Waals surface area contributed by atoms with Crippen molar-refractivity contribution in [2.24, 2.45) is 0 Å². The lowest BCUT2D eigenvalue weighted by Gasteiger charge is -2.12. The van der Waals surface area contributed by atoms with Gasteiger partial charge in [0.15, 0.2) is 0 Å². The van der Waals surface area contributed by atoms with Crippen LogP contribution in [0, 0.1) is 0 Å². The third-order valence-electron chi connectivity index (χ3n) is 6.60. The number of aromatic nitrogens is 2. The first-order valence-corrected chi connectivity index (χ1v) is 12.8. The molecule has 6 rings (SSSR count). The van der Waals surface area contributed by atoms with E-state index in [9.17, 15) is 0 Å². The van der Waals surface area contributed by atoms with E-state index in [4.69, 9.17) is 12.2 Å². The highest BCUT2D eigenvalue weighted by molar-refractivity contribution is 9.10. The molecule has 2 aromatic heterocycles. The van der Waals surface area contributed by atoms with E-state index in [-0.39, 0.29) is 0 Å². The van der Waals surface area contributed by atoms with Gasteiger partial charge < -0.3 is 9.88 Å². The lowest BCUT2D eigenvalue weighted by molar-refractivity contribution is 0.647. The summed E-state index contributed by atoms with van der Waals surface area (Å²) in [6.07, 6.45) is 5.66. The van der Waals surface area contributed by atoms with Crippen LogP contribution in [0.15, 0.2) is 95.6 Å². The Hall–Kier alpha value is -3.15. The van der Waals surface area contributed by atoms with Crippen molar-refractivity contribution in [3.63, 3.8) is 0 Å². The molecule has 34 heavy (non-hydrogen) atoms. The van der Waals surface area contributed by atoms with Crippen molar-refractivity contribution in [2.45, 2.75) is 25.8 Å². The summed E-state index contributed by atoms with van der Waals surface area (Å²) >= 11 is 9.47. The second-order valence-corrected chi connectivity index (χ2v) is 10.0. The summed E-state index contributed by atoms with van der Waals surface area (Å²) in [6.45, 7) is 1.01. The number of thiocarbonyl (C=S) groups is 1. The zero-order valence-electron chi connectivity index (χ0n) is 18.7. The van der Waals surface area contributed by atoms with Gasteiger partial charge in [-0.15, -0.1) is 0 Å². The van der Waals surface area contributed by atoms with Crippen molar-refractivity contribution in [1.82, 2.24) is 8.97 Å². The first-order chi connectivity index (χ1) is 16.7. The monoisotopic (exact) mass is 525 g/mol. The molecule has 0 amide bonds. The molecule has 0 aliphatic carbocycles. The van der Waals surface area contributed by atoms with Crippen LogP contribution < -0.4 is 5.32 Å². The smallest absolute Gasteiger partial charge is 0.125 e. The van der Waals surface area contributed by atoms with E-state index >= 15 is 0 Å². The predicted octanol–water partition coefficient (Wildman–Crippen LogP) is 7.96. The predicted molar refractivity (Wildman–Crippen MR) is 149 cm³/mol. The van der Waals surface area contributed by atoms with E-state index < -0.39 is 0 Å². The third kappa shape index (κ3) is 3.69. The number of hydrogen-bond donors (Lipinski definition) is 1. The number of aryl methyl sites for hydroxylation is 2. The normalized spacial score (nSPS) is 13.1. The number of benzene rings is 3. The standard InChI is InChI=1S/C29H24BrN3S/c30-23-16-14-21(15-17-23)26-24-13-7-8-18-32-25(20-9-3-1-4-10-20)19-33(29(24)32)27(26)31-28(34)22-11-5-2-6-12-22/h1-6,9-12,14-17,19H,7-8,13,18H2,(H,31,34). The molecule has 0 fully saturated rings. The van der Waals surface area contributed by atoms with Crippen LogP contribution in [0.25, 0.3) is 28.0 Å². The number of nitrogens with zero attached hydrogens (tertiary/aromatic N) is 2. The minimum atomic E-state index is 0.732. The van der Waals surface area contributed by atoms with Gasteiger partial charge in [0.25, 0.3) is 0 Å². The molecule has 1 aliphatic rings. The van der Waals surface area contributed by atoms with Crippen LogP contribution in [0.1, 0.15) is 24.0 Å². The molecule has 0 atom stereocenters. The summed E-state index contributed by atoms with van der Waals surface area (Å²) in [5, 5.41) is 3.65. The largest absolute Gasteiger partial charge is 0.331 e. The Labute approximate surface area is 213 Å². The van der Waals surface area contributed by atoms with Crippen LogP contribution in [-0.4, -0.2) is 14.0 Å². The molecule has 3 nitrogen and oxygen atoms in total. The van der Waals surface area contributed by atoms with Gasteiger partial charge in [-0.3, -0.25) is 4.40 Å². The van der Waals surface area contributed by atoms with Gasteiger partial charge in [0.1, 0.15) is 16.5 Å². The summed E-state index contributed by atoms with van der Waals surface area (Å²) < 4.78 is 5.91. The van der Waals surface area contributed by atoms with Crippen molar-refractivity contribution < 1.29 is 0 Å². The van der Waals surface area contributed by atoms with Gasteiger partial charge in [0.05, 0.1) is 5.69 Å². The fourth-order valence-corrected chi connectivity index (χ4v) is 5.54. The molecule has 168 valence electrons. The van der Waals surface area contributed by atoms with E-state index in [1.165, 1.54) is 46.4 Å². The van der Waals surface area contributed by atoms with E-state index in [1.54, 1.807) is 0 Å². The number of nitrogens with one attached hydrogen (secondary N) is 1. The van der Waals surface area contributed by atoms with Crippen molar-refractivity contribution in [3.05, 3.63) is 107 Å². The first-order valence-electron chi connectivity index (χ1n) is 11.6. The zero-order chi connectivity index (χ0) is 23.1. The molecule has 0 radical (unpaired) electrons. The van der Waals surface area contributed by atoms with Gasteiger partial charge in [-0.25, -0.2) is 0 Å². The summed E-state index contributed by atoms with van der Waals surface area (Å²) in [5.74, 6) is 1.04. The third-order valence-corrected chi connectivity index (χ3v) is 7.47. The van der Waals surface area contributed by atoms with Crippen molar-refractivity contribution in [1.29, 1.82) is 0 Å². The van der Waals surface area contributed by atoms with Crippen LogP contribution in [0.4, 0.5) is 5.82 Å². The number of anilines is 1. The Bertz CT molecular complexity index is 1480. The van der Waals surface area contributed by atoms with E-state index in [2.05, 4.69) is 103 Å². The SMILES string of the molecule is S=C(Nc1c(-c2ccc(Br)cc2)c2c3n(c(-c4ccccc4)cn13)CCCC2)c1ccccc1. The zero-order valence-corrected chi connectivity index (χ0v) is 21.1. The fourth-order valence-electron chi connectivity index (χ4n) is 5.04. The Morgan fingerprint density at radius 1 is 0.824 bits per heavy atom. The van der Waals surface area contributed by atoms with Crippen LogP contribution in [0.5, 0.6) is 0 Å². The maximum atomic E-state index is 5.88. The summed E-state index contributed by atoms with van der Waals surface area (Å²) in [7, 11) is 0. The van der Waals surface area contributed by atoms with Crippen molar-refractivity contribution >= 4 is 44.6 Å². The molecule has 5 heteroatoms.